The molecule has 2 aromatic carbocycles. The van der Waals surface area contributed by atoms with Crippen LogP contribution in [0.4, 0.5) is 14.6 Å². The zero-order valence-corrected chi connectivity index (χ0v) is 16.1. The predicted octanol–water partition coefficient (Wildman–Crippen LogP) is 3.69. The number of benzene rings is 2. The topological polar surface area (TPSA) is 66.9 Å². The number of hydrogen-bond acceptors (Lipinski definition) is 4. The van der Waals surface area contributed by atoms with Gasteiger partial charge >= 0.3 is 0 Å². The number of carbonyl (C=O) groups excluding carboxylic acids is 1. The summed E-state index contributed by atoms with van der Waals surface area (Å²) >= 11 is 0. The summed E-state index contributed by atoms with van der Waals surface area (Å²) in [4.78, 5) is 20.8. The van der Waals surface area contributed by atoms with Gasteiger partial charge in [-0.2, -0.15) is 0 Å². The number of rotatable bonds is 8. The van der Waals surface area contributed by atoms with Crippen molar-refractivity contribution in [3.8, 4) is 0 Å². The fourth-order valence-electron chi connectivity index (χ4n) is 2.86. The lowest BCUT2D eigenvalue weighted by molar-refractivity contribution is 0.0948. The Balaban J connectivity index is 1.54. The van der Waals surface area contributed by atoms with Gasteiger partial charge in [0.05, 0.1) is 0 Å². The average Bonchev–Trinajstić information content (AvgIpc) is 2.70. The van der Waals surface area contributed by atoms with Gasteiger partial charge in [0.25, 0.3) is 5.91 Å². The minimum Gasteiger partial charge on any atom is -0.370 e. The van der Waals surface area contributed by atoms with Crippen LogP contribution in [-0.2, 0) is 12.8 Å². The Morgan fingerprint density at radius 1 is 0.966 bits per heavy atom. The Kier molecular flexibility index (Phi) is 6.84. The van der Waals surface area contributed by atoms with E-state index in [4.69, 9.17) is 0 Å². The van der Waals surface area contributed by atoms with Crippen LogP contribution >= 0.6 is 0 Å². The second-order valence-corrected chi connectivity index (χ2v) is 6.59. The van der Waals surface area contributed by atoms with Crippen molar-refractivity contribution in [2.45, 2.75) is 19.8 Å². The van der Waals surface area contributed by atoms with Gasteiger partial charge in [-0.15, -0.1) is 0 Å². The van der Waals surface area contributed by atoms with E-state index >= 15 is 0 Å². The molecule has 0 atom stereocenters. The number of aryl methyl sites for hydroxylation is 1. The van der Waals surface area contributed by atoms with E-state index in [2.05, 4.69) is 20.6 Å². The van der Waals surface area contributed by atoms with E-state index in [1.54, 1.807) is 43.3 Å². The zero-order chi connectivity index (χ0) is 20.6. The van der Waals surface area contributed by atoms with Gasteiger partial charge in [0, 0.05) is 19.2 Å². The summed E-state index contributed by atoms with van der Waals surface area (Å²) in [5, 5.41) is 5.92. The van der Waals surface area contributed by atoms with Crippen molar-refractivity contribution in [3.05, 3.63) is 88.9 Å². The van der Waals surface area contributed by atoms with E-state index in [-0.39, 0.29) is 23.2 Å². The van der Waals surface area contributed by atoms with Crippen molar-refractivity contribution < 1.29 is 13.6 Å². The molecule has 3 rings (SSSR count). The van der Waals surface area contributed by atoms with E-state index < -0.39 is 0 Å². The second-order valence-electron chi connectivity index (χ2n) is 6.59. The molecule has 1 heterocycles. The Bertz CT molecular complexity index is 977. The molecule has 5 nitrogen and oxygen atoms in total. The maximum Gasteiger partial charge on any atom is 0.270 e. The molecule has 1 amide bonds. The first-order chi connectivity index (χ1) is 14.0. The maximum atomic E-state index is 13.7. The molecule has 1 aromatic heterocycles. The summed E-state index contributed by atoms with van der Waals surface area (Å²) in [6.07, 6.45) is 1.08. The number of anilines is 1. The molecule has 0 radical (unpaired) electrons. The van der Waals surface area contributed by atoms with Gasteiger partial charge in [0.1, 0.15) is 29.0 Å². The summed E-state index contributed by atoms with van der Waals surface area (Å²) in [5.41, 5.74) is 1.80. The van der Waals surface area contributed by atoms with Crippen molar-refractivity contribution in [3.63, 3.8) is 0 Å². The molecule has 29 heavy (non-hydrogen) atoms. The van der Waals surface area contributed by atoms with Crippen molar-refractivity contribution in [1.29, 1.82) is 0 Å². The Hall–Kier alpha value is -3.35. The van der Waals surface area contributed by atoms with Gasteiger partial charge in [-0.05, 0) is 49.1 Å². The Labute approximate surface area is 168 Å². The number of carbonyl (C=O) groups is 1. The number of aromatic nitrogens is 2. The first kappa shape index (κ1) is 20.4. The number of hydrogen-bond donors (Lipinski definition) is 2. The highest BCUT2D eigenvalue weighted by Gasteiger charge is 2.10. The van der Waals surface area contributed by atoms with Gasteiger partial charge < -0.3 is 10.6 Å². The molecule has 3 aromatic rings. The molecule has 0 unspecified atom stereocenters. The molecule has 0 fully saturated rings. The fraction of sp³-hybridized carbons (Fsp3) is 0.227. The van der Waals surface area contributed by atoms with Crippen LogP contribution in [0.3, 0.4) is 0 Å². The molecular weight excluding hydrogens is 374 g/mol. The first-order valence-electron chi connectivity index (χ1n) is 9.37. The summed E-state index contributed by atoms with van der Waals surface area (Å²) in [7, 11) is 0. The Morgan fingerprint density at radius 3 is 2.48 bits per heavy atom. The lowest BCUT2D eigenvalue weighted by Gasteiger charge is -2.10. The molecule has 7 heteroatoms. The van der Waals surface area contributed by atoms with Gasteiger partial charge in [-0.3, -0.25) is 4.79 Å². The van der Waals surface area contributed by atoms with Crippen LogP contribution in [0.25, 0.3) is 0 Å². The van der Waals surface area contributed by atoms with Gasteiger partial charge in [0.15, 0.2) is 0 Å². The van der Waals surface area contributed by atoms with Crippen LogP contribution in [0.5, 0.6) is 0 Å². The van der Waals surface area contributed by atoms with Crippen molar-refractivity contribution in [1.82, 2.24) is 15.3 Å². The number of amides is 1. The molecular formula is C22H22F2N4O. The van der Waals surface area contributed by atoms with E-state index in [9.17, 15) is 13.6 Å². The maximum absolute atomic E-state index is 13.7. The molecule has 0 spiro atoms. The monoisotopic (exact) mass is 396 g/mol. The molecule has 150 valence electrons. The molecule has 0 aliphatic heterocycles. The van der Waals surface area contributed by atoms with Crippen molar-refractivity contribution in [2.24, 2.45) is 0 Å². The van der Waals surface area contributed by atoms with Gasteiger partial charge in [0.2, 0.25) is 0 Å². The third kappa shape index (κ3) is 6.07. The van der Waals surface area contributed by atoms with E-state index in [0.29, 0.717) is 43.1 Å². The summed E-state index contributed by atoms with van der Waals surface area (Å²) < 4.78 is 26.6. The SMILES string of the molecule is Cc1nc(NCCc2ccccc2F)cc(C(=O)NCCc2ccc(F)cc2)n1. The minimum atomic E-state index is -0.310. The zero-order valence-electron chi connectivity index (χ0n) is 16.1. The number of nitrogens with zero attached hydrogens (tertiary/aromatic N) is 2. The van der Waals surface area contributed by atoms with Crippen LogP contribution in [0.15, 0.2) is 54.6 Å². The summed E-state index contributed by atoms with van der Waals surface area (Å²) in [6, 6.07) is 14.3. The quantitative estimate of drug-likeness (QED) is 0.609. The highest BCUT2D eigenvalue weighted by atomic mass is 19.1. The van der Waals surface area contributed by atoms with Crippen molar-refractivity contribution >= 4 is 11.7 Å². The van der Waals surface area contributed by atoms with E-state index in [1.165, 1.54) is 18.2 Å². The second kappa shape index (κ2) is 9.73. The predicted molar refractivity (Wildman–Crippen MR) is 108 cm³/mol. The van der Waals surface area contributed by atoms with Crippen LogP contribution in [-0.4, -0.2) is 29.0 Å². The van der Waals surface area contributed by atoms with Crippen molar-refractivity contribution in [2.75, 3.05) is 18.4 Å². The first-order valence-corrected chi connectivity index (χ1v) is 9.37. The average molecular weight is 396 g/mol. The third-order valence-corrected chi connectivity index (χ3v) is 4.34. The minimum absolute atomic E-state index is 0.241. The standard InChI is InChI=1S/C22H22F2N4O/c1-15-27-20(22(29)26-12-10-16-6-8-18(23)9-7-16)14-21(28-15)25-13-11-17-4-2-3-5-19(17)24/h2-9,14H,10-13H2,1H3,(H,26,29)(H,25,27,28). The number of halogens is 2. The number of nitrogens with one attached hydrogen (secondary N) is 2. The summed E-state index contributed by atoms with van der Waals surface area (Å²) in [5.74, 6) is 0.135. The molecule has 0 saturated carbocycles. The highest BCUT2D eigenvalue weighted by molar-refractivity contribution is 5.92. The molecule has 0 aliphatic rings. The third-order valence-electron chi connectivity index (χ3n) is 4.34. The smallest absolute Gasteiger partial charge is 0.270 e. The van der Waals surface area contributed by atoms with E-state index in [1.807, 2.05) is 0 Å². The largest absolute Gasteiger partial charge is 0.370 e. The lowest BCUT2D eigenvalue weighted by Crippen LogP contribution is -2.27. The Morgan fingerprint density at radius 2 is 1.72 bits per heavy atom. The van der Waals surface area contributed by atoms with Crippen LogP contribution < -0.4 is 10.6 Å². The van der Waals surface area contributed by atoms with E-state index in [0.717, 1.165) is 5.56 Å². The molecule has 0 aliphatic carbocycles. The van der Waals surface area contributed by atoms with Crippen LogP contribution in [0, 0.1) is 18.6 Å². The molecule has 2 N–H and O–H groups in total. The van der Waals surface area contributed by atoms with Gasteiger partial charge in [-0.1, -0.05) is 30.3 Å². The van der Waals surface area contributed by atoms with Crippen LogP contribution in [0.2, 0.25) is 0 Å². The van der Waals surface area contributed by atoms with Gasteiger partial charge in [-0.25, -0.2) is 18.7 Å². The highest BCUT2D eigenvalue weighted by Crippen LogP contribution is 2.10. The lowest BCUT2D eigenvalue weighted by atomic mass is 10.1. The normalized spacial score (nSPS) is 10.6. The molecule has 0 saturated heterocycles. The fourth-order valence-corrected chi connectivity index (χ4v) is 2.86. The molecule has 0 bridgehead atoms. The van der Waals surface area contributed by atoms with Crippen LogP contribution in [0.1, 0.15) is 27.4 Å². The summed E-state index contributed by atoms with van der Waals surface area (Å²) in [6.45, 7) is 2.59.